The second-order valence-corrected chi connectivity index (χ2v) is 11.6. The van der Waals surface area contributed by atoms with Gasteiger partial charge in [-0.15, -0.1) is 0 Å². The lowest BCUT2D eigenvalue weighted by atomic mass is 9.91. The quantitative estimate of drug-likeness (QED) is 0.212. The van der Waals surface area contributed by atoms with Gasteiger partial charge in [-0.1, -0.05) is 127 Å². The van der Waals surface area contributed by atoms with E-state index in [0.29, 0.717) is 0 Å². The van der Waals surface area contributed by atoms with Gasteiger partial charge in [0.15, 0.2) is 0 Å². The van der Waals surface area contributed by atoms with Crippen LogP contribution in [0.25, 0.3) is 50.0 Å². The molecule has 0 saturated carbocycles. The van der Waals surface area contributed by atoms with Gasteiger partial charge in [0.25, 0.3) is 0 Å². The molecule has 2 aromatic heterocycles. The van der Waals surface area contributed by atoms with E-state index in [1.165, 1.54) is 38.7 Å². The third-order valence-electron chi connectivity index (χ3n) is 9.09. The van der Waals surface area contributed by atoms with Gasteiger partial charge in [0, 0.05) is 39.2 Å². The summed E-state index contributed by atoms with van der Waals surface area (Å²) >= 11 is 0. The molecule has 2 unspecified atom stereocenters. The van der Waals surface area contributed by atoms with Crippen molar-refractivity contribution < 1.29 is 0 Å². The molecule has 5 aromatic carbocycles. The van der Waals surface area contributed by atoms with Gasteiger partial charge in [-0.2, -0.15) is 0 Å². The monoisotopic (exact) mass is 563 g/mol. The molecule has 7 aromatic rings. The molecule has 0 amide bonds. The molecular formula is C41H29N3. The highest BCUT2D eigenvalue weighted by molar-refractivity contribution is 6.17. The van der Waals surface area contributed by atoms with Crippen LogP contribution in [-0.2, 0) is 0 Å². The maximum absolute atomic E-state index is 5.20. The van der Waals surface area contributed by atoms with E-state index in [0.717, 1.165) is 28.2 Å². The summed E-state index contributed by atoms with van der Waals surface area (Å²) in [6.45, 7) is 0. The highest BCUT2D eigenvalue weighted by Crippen LogP contribution is 2.53. The molecule has 2 atom stereocenters. The van der Waals surface area contributed by atoms with Crippen LogP contribution in [0.3, 0.4) is 0 Å². The Hall–Kier alpha value is -5.67. The molecule has 2 aliphatic rings. The topological polar surface area (TPSA) is 21.1 Å². The lowest BCUT2D eigenvalue weighted by molar-refractivity contribution is 0.745. The lowest BCUT2D eigenvalue weighted by Gasteiger charge is -2.30. The maximum Gasteiger partial charge on any atom is 0.0730 e. The average molecular weight is 564 g/mol. The van der Waals surface area contributed by atoms with E-state index in [9.17, 15) is 0 Å². The van der Waals surface area contributed by atoms with Gasteiger partial charge < -0.3 is 9.47 Å². The first-order chi connectivity index (χ1) is 21.8. The van der Waals surface area contributed by atoms with Gasteiger partial charge in [-0.3, -0.25) is 0 Å². The number of hydrogen-bond donors (Lipinski definition) is 0. The predicted molar refractivity (Wildman–Crippen MR) is 183 cm³/mol. The van der Waals surface area contributed by atoms with Crippen molar-refractivity contribution >= 4 is 33.2 Å². The number of nitrogens with zero attached hydrogens (tertiary/aromatic N) is 3. The van der Waals surface area contributed by atoms with Crippen molar-refractivity contribution in [2.24, 2.45) is 0 Å². The third-order valence-corrected chi connectivity index (χ3v) is 9.09. The number of allylic oxidation sites excluding steroid dienone is 2. The standard InChI is InChI=1S/C41H29N3/c1-4-14-28(15-5-1)35-26-31(27-36(42-35)29-16-6-2-7-17-29)44-37-22-12-10-20-32(37)33-24-25-39-40(41(33)44)34-21-11-13-23-38(34)43(39)30-18-8-3-9-19-30/h1-27,32,37H. The Bertz CT molecular complexity index is 2170. The van der Waals surface area contributed by atoms with Crippen LogP contribution in [-0.4, -0.2) is 15.6 Å². The molecular weight excluding hydrogens is 534 g/mol. The highest BCUT2D eigenvalue weighted by Gasteiger charge is 2.40. The molecule has 0 saturated heterocycles. The second kappa shape index (κ2) is 9.96. The second-order valence-electron chi connectivity index (χ2n) is 11.6. The summed E-state index contributed by atoms with van der Waals surface area (Å²) in [7, 11) is 0. The Morgan fingerprint density at radius 3 is 1.84 bits per heavy atom. The van der Waals surface area contributed by atoms with Gasteiger partial charge in [-0.05, 0) is 42.0 Å². The Kier molecular flexibility index (Phi) is 5.63. The third kappa shape index (κ3) is 3.79. The number of benzene rings is 5. The van der Waals surface area contributed by atoms with Gasteiger partial charge in [0.05, 0.1) is 34.2 Å². The molecule has 208 valence electrons. The van der Waals surface area contributed by atoms with Crippen LogP contribution in [0.5, 0.6) is 0 Å². The lowest BCUT2D eigenvalue weighted by Crippen LogP contribution is -2.28. The van der Waals surface area contributed by atoms with Crippen LogP contribution < -0.4 is 4.90 Å². The van der Waals surface area contributed by atoms with Crippen molar-refractivity contribution in [1.82, 2.24) is 9.55 Å². The van der Waals surface area contributed by atoms with Crippen molar-refractivity contribution in [1.29, 1.82) is 0 Å². The zero-order valence-corrected chi connectivity index (χ0v) is 24.1. The molecule has 1 aliphatic heterocycles. The zero-order chi connectivity index (χ0) is 29.0. The van der Waals surface area contributed by atoms with E-state index in [1.807, 2.05) is 0 Å². The molecule has 0 bridgehead atoms. The number of para-hydroxylation sites is 2. The zero-order valence-electron chi connectivity index (χ0n) is 24.1. The normalized spacial score (nSPS) is 16.9. The van der Waals surface area contributed by atoms with Gasteiger partial charge >= 0.3 is 0 Å². The molecule has 0 fully saturated rings. The summed E-state index contributed by atoms with van der Waals surface area (Å²) in [6.07, 6.45) is 9.12. The first kappa shape index (κ1) is 24.9. The summed E-state index contributed by atoms with van der Waals surface area (Å²) in [6, 6.07) is 50.0. The fraction of sp³-hybridized carbons (Fsp3) is 0.0488. The van der Waals surface area contributed by atoms with Crippen molar-refractivity contribution in [3.8, 4) is 28.2 Å². The SMILES string of the molecule is C1=CC2c3ccc4c(c3N(c3cc(-c5ccccc5)nc(-c5ccccc5)c3)C2C=C1)c1ccccc1n4-c1ccccc1. The van der Waals surface area contributed by atoms with Crippen molar-refractivity contribution in [3.05, 3.63) is 169 Å². The molecule has 0 radical (unpaired) electrons. The highest BCUT2D eigenvalue weighted by atomic mass is 15.2. The molecule has 9 rings (SSSR count). The number of pyridine rings is 1. The molecule has 3 nitrogen and oxygen atoms in total. The first-order valence-electron chi connectivity index (χ1n) is 15.2. The number of rotatable bonds is 4. The van der Waals surface area contributed by atoms with Crippen LogP contribution in [0.15, 0.2) is 164 Å². The fourth-order valence-corrected chi connectivity index (χ4v) is 7.19. The van der Waals surface area contributed by atoms with E-state index in [-0.39, 0.29) is 12.0 Å². The van der Waals surface area contributed by atoms with Crippen LogP contribution in [0.2, 0.25) is 0 Å². The van der Waals surface area contributed by atoms with Crippen molar-refractivity contribution in [2.75, 3.05) is 4.90 Å². The average Bonchev–Trinajstić information content (AvgIpc) is 3.62. The minimum atomic E-state index is 0.161. The number of anilines is 2. The molecule has 44 heavy (non-hydrogen) atoms. The molecule has 1 aliphatic carbocycles. The van der Waals surface area contributed by atoms with Gasteiger partial charge in [0.1, 0.15) is 0 Å². The Morgan fingerprint density at radius 1 is 0.523 bits per heavy atom. The Morgan fingerprint density at radius 2 is 1.14 bits per heavy atom. The molecule has 0 N–H and O–H groups in total. The predicted octanol–water partition coefficient (Wildman–Crippen LogP) is 10.2. The van der Waals surface area contributed by atoms with Crippen molar-refractivity contribution in [2.45, 2.75) is 12.0 Å². The summed E-state index contributed by atoms with van der Waals surface area (Å²) in [5, 5.41) is 2.55. The van der Waals surface area contributed by atoms with Crippen LogP contribution >= 0.6 is 0 Å². The van der Waals surface area contributed by atoms with Gasteiger partial charge in [0.2, 0.25) is 0 Å². The van der Waals surface area contributed by atoms with E-state index in [4.69, 9.17) is 4.98 Å². The molecule has 3 heteroatoms. The summed E-state index contributed by atoms with van der Waals surface area (Å²) in [5.74, 6) is 0.256. The first-order valence-corrected chi connectivity index (χ1v) is 15.2. The van der Waals surface area contributed by atoms with E-state index >= 15 is 0 Å². The smallest absolute Gasteiger partial charge is 0.0730 e. The minimum Gasteiger partial charge on any atom is -0.333 e. The number of fused-ring (bicyclic) bond motifs is 7. The number of aromatic nitrogens is 2. The molecule has 3 heterocycles. The van der Waals surface area contributed by atoms with Gasteiger partial charge in [-0.25, -0.2) is 4.98 Å². The fourth-order valence-electron chi connectivity index (χ4n) is 7.19. The van der Waals surface area contributed by atoms with E-state index in [1.54, 1.807) is 0 Å². The van der Waals surface area contributed by atoms with Crippen LogP contribution in [0, 0.1) is 0 Å². The van der Waals surface area contributed by atoms with E-state index < -0.39 is 0 Å². The maximum atomic E-state index is 5.20. The minimum absolute atomic E-state index is 0.161. The largest absolute Gasteiger partial charge is 0.333 e. The summed E-state index contributed by atoms with van der Waals surface area (Å²) in [4.78, 5) is 7.77. The summed E-state index contributed by atoms with van der Waals surface area (Å²) in [5.41, 5.74) is 11.6. The van der Waals surface area contributed by atoms with Crippen LogP contribution in [0.4, 0.5) is 11.4 Å². The van der Waals surface area contributed by atoms with E-state index in [2.05, 4.69) is 173 Å². The Balaban J connectivity index is 1.36. The summed E-state index contributed by atoms with van der Waals surface area (Å²) < 4.78 is 2.41. The van der Waals surface area contributed by atoms with Crippen LogP contribution in [0.1, 0.15) is 11.5 Å². The van der Waals surface area contributed by atoms with Crippen molar-refractivity contribution in [3.63, 3.8) is 0 Å². The number of hydrogen-bond acceptors (Lipinski definition) is 2. The molecule has 0 spiro atoms. The Labute approximate surface area is 256 Å².